The van der Waals surface area contributed by atoms with Crippen molar-refractivity contribution in [3.8, 4) is 23.2 Å². The number of rotatable bonds is 11. The zero-order valence-corrected chi connectivity index (χ0v) is 22.9. The van der Waals surface area contributed by atoms with Crippen LogP contribution < -0.4 is 4.74 Å². The maximum Gasteiger partial charge on any atom is 0.345 e. The number of carboxylic acids is 1. The van der Waals surface area contributed by atoms with Gasteiger partial charge in [-0.15, -0.1) is 0 Å². The number of carboxylic acid groups (broad SMARTS) is 1. The maximum atomic E-state index is 15.4. The van der Waals surface area contributed by atoms with E-state index < -0.39 is 54.4 Å². The number of ether oxygens (including phenoxy) is 2. The average molecular weight is 627 g/mol. The number of nitrogens with zero attached hydrogens (tertiary/aromatic N) is 4. The Hall–Kier alpha value is -5.42. The number of alkyl halides is 2. The van der Waals surface area contributed by atoms with Crippen LogP contribution in [0.5, 0.6) is 5.88 Å². The summed E-state index contributed by atoms with van der Waals surface area (Å²) in [4.78, 5) is 19.7. The summed E-state index contributed by atoms with van der Waals surface area (Å²) < 4.78 is 95.9. The van der Waals surface area contributed by atoms with Gasteiger partial charge in [0.15, 0.2) is 5.82 Å². The Bertz CT molecular complexity index is 1960. The van der Waals surface area contributed by atoms with E-state index in [1.807, 2.05) is 6.07 Å². The first-order valence-electron chi connectivity index (χ1n) is 13.1. The molecule has 1 N–H and O–H groups in total. The van der Waals surface area contributed by atoms with Crippen molar-refractivity contribution in [1.82, 2.24) is 14.5 Å². The molecule has 0 aliphatic carbocycles. The van der Waals surface area contributed by atoms with Gasteiger partial charge in [0.25, 0.3) is 0 Å². The molecule has 5 rings (SSSR count). The van der Waals surface area contributed by atoms with Crippen molar-refractivity contribution < 1.29 is 45.7 Å². The Balaban J connectivity index is 1.42. The largest absolute Gasteiger partial charge is 0.478 e. The Morgan fingerprint density at radius 2 is 1.71 bits per heavy atom. The normalized spacial score (nSPS) is 11.2. The van der Waals surface area contributed by atoms with Crippen molar-refractivity contribution >= 4 is 17.0 Å². The van der Waals surface area contributed by atoms with Crippen molar-refractivity contribution in [3.05, 3.63) is 112 Å². The number of hydrogen-bond acceptors (Lipinski definition) is 6. The van der Waals surface area contributed by atoms with Crippen LogP contribution in [0.3, 0.4) is 0 Å². The SMILES string of the molecule is N#Cc1ccc(COc2cccc(-c3cc(F)c(Cc4nc5c(F)cc(C(=O)O)cc5n4CCOC(F)F)cc3F)n2)c(F)c1. The van der Waals surface area contributed by atoms with E-state index in [4.69, 9.17) is 10.00 Å². The predicted octanol–water partition coefficient (Wildman–Crippen LogP) is 6.63. The fourth-order valence-electron chi connectivity index (χ4n) is 4.59. The molecule has 0 aliphatic heterocycles. The Labute approximate surface area is 250 Å². The fraction of sp³-hybridized carbons (Fsp3) is 0.161. The minimum absolute atomic E-state index is 0.00425. The van der Waals surface area contributed by atoms with Crippen LogP contribution in [0.4, 0.5) is 26.3 Å². The highest BCUT2D eigenvalue weighted by Gasteiger charge is 2.21. The average Bonchev–Trinajstić information content (AvgIpc) is 3.35. The van der Waals surface area contributed by atoms with E-state index in [1.165, 1.54) is 34.9 Å². The lowest BCUT2D eigenvalue weighted by atomic mass is 10.0. The van der Waals surface area contributed by atoms with Crippen LogP contribution in [-0.4, -0.2) is 38.8 Å². The number of carbonyl (C=O) groups is 1. The van der Waals surface area contributed by atoms with Crippen molar-refractivity contribution in [2.45, 2.75) is 26.2 Å². The van der Waals surface area contributed by atoms with Crippen molar-refractivity contribution in [1.29, 1.82) is 5.26 Å². The summed E-state index contributed by atoms with van der Waals surface area (Å²) in [6, 6.07) is 13.6. The Kier molecular flexibility index (Phi) is 9.01. The topological polar surface area (TPSA) is 110 Å². The van der Waals surface area contributed by atoms with E-state index in [2.05, 4.69) is 14.7 Å². The van der Waals surface area contributed by atoms with Crippen LogP contribution in [0, 0.1) is 34.6 Å². The molecule has 0 bridgehead atoms. The zero-order chi connectivity index (χ0) is 32.2. The van der Waals surface area contributed by atoms with Crippen molar-refractivity contribution in [2.75, 3.05) is 6.61 Å². The molecule has 2 aromatic heterocycles. The molecular formula is C31H20F6N4O4. The quantitative estimate of drug-likeness (QED) is 0.164. The lowest BCUT2D eigenvalue weighted by Gasteiger charge is -2.12. The van der Waals surface area contributed by atoms with Crippen LogP contribution in [-0.2, 0) is 24.3 Å². The highest BCUT2D eigenvalue weighted by molar-refractivity contribution is 5.92. The second-order valence-corrected chi connectivity index (χ2v) is 9.61. The van der Waals surface area contributed by atoms with E-state index >= 15 is 8.78 Å². The Morgan fingerprint density at radius 1 is 0.933 bits per heavy atom. The highest BCUT2D eigenvalue weighted by Crippen LogP contribution is 2.29. The summed E-state index contributed by atoms with van der Waals surface area (Å²) >= 11 is 0. The molecule has 0 radical (unpaired) electrons. The highest BCUT2D eigenvalue weighted by atomic mass is 19.3. The molecule has 230 valence electrons. The van der Waals surface area contributed by atoms with Gasteiger partial charge in [0.2, 0.25) is 5.88 Å². The van der Waals surface area contributed by atoms with Gasteiger partial charge in [0.1, 0.15) is 35.4 Å². The first-order valence-corrected chi connectivity index (χ1v) is 13.1. The predicted molar refractivity (Wildman–Crippen MR) is 146 cm³/mol. The van der Waals surface area contributed by atoms with Crippen LogP contribution in [0.15, 0.2) is 60.7 Å². The van der Waals surface area contributed by atoms with Crippen LogP contribution in [0.2, 0.25) is 0 Å². The van der Waals surface area contributed by atoms with Gasteiger partial charge >= 0.3 is 12.6 Å². The van der Waals surface area contributed by atoms with E-state index in [1.54, 1.807) is 0 Å². The maximum absolute atomic E-state index is 15.4. The second kappa shape index (κ2) is 13.1. The minimum atomic E-state index is -3.11. The summed E-state index contributed by atoms with van der Waals surface area (Å²) in [6.07, 6.45) is -0.416. The molecule has 0 aliphatic rings. The first-order chi connectivity index (χ1) is 21.5. The molecule has 0 saturated carbocycles. The summed E-state index contributed by atoms with van der Waals surface area (Å²) in [7, 11) is 0. The van der Waals surface area contributed by atoms with Gasteiger partial charge in [-0.25, -0.2) is 32.3 Å². The minimum Gasteiger partial charge on any atom is -0.478 e. The van der Waals surface area contributed by atoms with Crippen molar-refractivity contribution in [3.63, 3.8) is 0 Å². The molecule has 8 nitrogen and oxygen atoms in total. The smallest absolute Gasteiger partial charge is 0.345 e. The molecule has 0 fully saturated rings. The number of pyridine rings is 1. The van der Waals surface area contributed by atoms with E-state index in [9.17, 15) is 27.5 Å². The monoisotopic (exact) mass is 626 g/mol. The van der Waals surface area contributed by atoms with E-state index in [0.717, 1.165) is 30.3 Å². The second-order valence-electron chi connectivity index (χ2n) is 9.61. The van der Waals surface area contributed by atoms with Gasteiger partial charge in [-0.3, -0.25) is 0 Å². The van der Waals surface area contributed by atoms with Crippen LogP contribution >= 0.6 is 0 Å². The number of halogens is 6. The van der Waals surface area contributed by atoms with E-state index in [0.29, 0.717) is 0 Å². The fourth-order valence-corrected chi connectivity index (χ4v) is 4.59. The molecule has 45 heavy (non-hydrogen) atoms. The number of fused-ring (bicyclic) bond motifs is 1. The van der Waals surface area contributed by atoms with Gasteiger partial charge in [-0.1, -0.05) is 12.1 Å². The lowest BCUT2D eigenvalue weighted by molar-refractivity contribution is -0.130. The third-order valence-electron chi connectivity index (χ3n) is 6.73. The first kappa shape index (κ1) is 31.0. The third kappa shape index (κ3) is 6.89. The molecule has 0 atom stereocenters. The molecule has 0 spiro atoms. The van der Waals surface area contributed by atoms with Gasteiger partial charge in [-0.2, -0.15) is 14.0 Å². The number of benzene rings is 3. The zero-order valence-electron chi connectivity index (χ0n) is 22.9. The van der Waals surface area contributed by atoms with Gasteiger partial charge in [-0.05, 0) is 48.0 Å². The molecule has 3 aromatic carbocycles. The molecule has 0 unspecified atom stereocenters. The van der Waals surface area contributed by atoms with Crippen LogP contribution in [0.25, 0.3) is 22.3 Å². The number of nitriles is 1. The number of aromatic nitrogens is 3. The number of hydrogen-bond donors (Lipinski definition) is 1. The van der Waals surface area contributed by atoms with Gasteiger partial charge in [0, 0.05) is 30.2 Å². The summed E-state index contributed by atoms with van der Waals surface area (Å²) in [6.45, 7) is -4.23. The van der Waals surface area contributed by atoms with Crippen LogP contribution in [0.1, 0.15) is 32.9 Å². The van der Waals surface area contributed by atoms with E-state index in [-0.39, 0.29) is 63.8 Å². The van der Waals surface area contributed by atoms with Gasteiger partial charge in [0.05, 0.1) is 35.0 Å². The van der Waals surface area contributed by atoms with Gasteiger partial charge < -0.3 is 19.1 Å². The number of aromatic carboxylic acids is 1. The molecule has 0 saturated heterocycles. The summed E-state index contributed by atoms with van der Waals surface area (Å²) in [5, 5.41) is 18.2. The summed E-state index contributed by atoms with van der Waals surface area (Å²) in [5.41, 5.74) is -0.942. The number of imidazole rings is 1. The molecule has 2 heterocycles. The van der Waals surface area contributed by atoms with Crippen molar-refractivity contribution in [2.24, 2.45) is 0 Å². The standard InChI is InChI=1S/C31H20F6N4O4/c32-21-8-16(14-38)4-5-17(21)15-45-28-3-1-2-25(39-28)20-13-22(33)18(9-23(20)34)12-27-40-29-24(35)10-19(30(42)43)11-26(29)41(27)6-7-44-31(36)37/h1-5,8-11,13,31H,6-7,12,15H2,(H,42,43). The molecular weight excluding hydrogens is 606 g/mol. The molecule has 0 amide bonds. The third-order valence-corrected chi connectivity index (χ3v) is 6.73. The molecule has 5 aromatic rings. The molecule has 14 heteroatoms. The summed E-state index contributed by atoms with van der Waals surface area (Å²) in [5.74, 6) is -4.96. The lowest BCUT2D eigenvalue weighted by Crippen LogP contribution is -2.13. The Morgan fingerprint density at radius 3 is 2.42 bits per heavy atom.